The number of alkyl halides is 2. The normalized spacial score (nSPS) is 17.3. The van der Waals surface area contributed by atoms with Crippen molar-refractivity contribution in [3.63, 3.8) is 0 Å². The molecule has 146 valence electrons. The van der Waals surface area contributed by atoms with Gasteiger partial charge in [-0.1, -0.05) is 0 Å². The van der Waals surface area contributed by atoms with Gasteiger partial charge in [0, 0.05) is 37.9 Å². The molecule has 3 aromatic rings. The number of nitrogens with zero attached hydrogens (tertiary/aromatic N) is 5. The standard InChI is InChI=1S/C19H20F2N6O/c1-12(28)24-13-3-2-8-26(11-13)14-6-7-22-16(9-14)17-10-23-18-5-4-15(19(20)21)25-27(17)18/h4-7,9-10,13,19H,2-3,8,11H2,1H3,(H,24,28). The van der Waals surface area contributed by atoms with Crippen LogP contribution in [-0.2, 0) is 4.79 Å². The van der Waals surface area contributed by atoms with Crippen LogP contribution in [0.15, 0.2) is 36.7 Å². The molecule has 3 aromatic heterocycles. The number of piperidine rings is 1. The molecule has 1 atom stereocenters. The summed E-state index contributed by atoms with van der Waals surface area (Å²) in [5.41, 5.74) is 2.28. The highest BCUT2D eigenvalue weighted by atomic mass is 19.3. The van der Waals surface area contributed by atoms with Crippen LogP contribution in [-0.4, -0.2) is 44.6 Å². The van der Waals surface area contributed by atoms with Crippen molar-refractivity contribution in [3.05, 3.63) is 42.4 Å². The lowest BCUT2D eigenvalue weighted by molar-refractivity contribution is -0.119. The maximum atomic E-state index is 13.0. The van der Waals surface area contributed by atoms with Crippen LogP contribution in [0.3, 0.4) is 0 Å². The largest absolute Gasteiger partial charge is 0.369 e. The Hall–Kier alpha value is -3.10. The number of halogens is 2. The number of fused-ring (bicyclic) bond motifs is 1. The van der Waals surface area contributed by atoms with E-state index < -0.39 is 6.43 Å². The Labute approximate surface area is 160 Å². The minimum atomic E-state index is -2.65. The number of carbonyl (C=O) groups is 1. The molecule has 7 nitrogen and oxygen atoms in total. The number of hydrogen-bond acceptors (Lipinski definition) is 5. The Morgan fingerprint density at radius 1 is 1.29 bits per heavy atom. The van der Waals surface area contributed by atoms with Gasteiger partial charge in [0.1, 0.15) is 11.4 Å². The molecule has 9 heteroatoms. The lowest BCUT2D eigenvalue weighted by atomic mass is 10.0. The van der Waals surface area contributed by atoms with Crippen molar-refractivity contribution in [1.29, 1.82) is 0 Å². The van der Waals surface area contributed by atoms with Crippen molar-refractivity contribution in [3.8, 4) is 11.4 Å². The molecule has 1 amide bonds. The van der Waals surface area contributed by atoms with Gasteiger partial charge in [0.05, 0.1) is 11.9 Å². The van der Waals surface area contributed by atoms with Gasteiger partial charge in [0.15, 0.2) is 5.65 Å². The molecule has 0 aromatic carbocycles. The van der Waals surface area contributed by atoms with E-state index in [1.165, 1.54) is 23.6 Å². The molecule has 1 N–H and O–H groups in total. The minimum Gasteiger partial charge on any atom is -0.369 e. The second-order valence-electron chi connectivity index (χ2n) is 6.86. The summed E-state index contributed by atoms with van der Waals surface area (Å²) in [7, 11) is 0. The first kappa shape index (κ1) is 18.3. The molecule has 1 unspecified atom stereocenters. The summed E-state index contributed by atoms with van der Waals surface area (Å²) in [6.45, 7) is 3.11. The Balaban J connectivity index is 1.65. The molecule has 4 rings (SSSR count). The van der Waals surface area contributed by atoms with Crippen molar-refractivity contribution in [2.24, 2.45) is 0 Å². The van der Waals surface area contributed by atoms with Crippen LogP contribution in [0.2, 0.25) is 0 Å². The molecule has 1 fully saturated rings. The predicted molar refractivity (Wildman–Crippen MR) is 100 cm³/mol. The van der Waals surface area contributed by atoms with E-state index in [-0.39, 0.29) is 17.6 Å². The molecule has 1 aliphatic heterocycles. The van der Waals surface area contributed by atoms with E-state index in [2.05, 4.69) is 25.3 Å². The first-order valence-electron chi connectivity index (χ1n) is 9.12. The fourth-order valence-electron chi connectivity index (χ4n) is 3.55. The highest BCUT2D eigenvalue weighted by Crippen LogP contribution is 2.26. The number of amides is 1. The van der Waals surface area contributed by atoms with Crippen molar-refractivity contribution >= 4 is 17.2 Å². The maximum absolute atomic E-state index is 13.0. The number of pyridine rings is 1. The minimum absolute atomic E-state index is 0.0334. The van der Waals surface area contributed by atoms with E-state index in [4.69, 9.17) is 0 Å². The van der Waals surface area contributed by atoms with Crippen molar-refractivity contribution in [2.45, 2.75) is 32.2 Å². The van der Waals surface area contributed by atoms with Gasteiger partial charge in [-0.3, -0.25) is 9.78 Å². The average Bonchev–Trinajstić information content (AvgIpc) is 3.11. The summed E-state index contributed by atoms with van der Waals surface area (Å²) in [5, 5.41) is 6.97. The highest BCUT2D eigenvalue weighted by Gasteiger charge is 2.21. The Bertz CT molecular complexity index is 1010. The Morgan fingerprint density at radius 3 is 2.93 bits per heavy atom. The Kier molecular flexibility index (Phi) is 4.89. The van der Waals surface area contributed by atoms with Gasteiger partial charge in [-0.2, -0.15) is 5.10 Å². The van der Waals surface area contributed by atoms with Crippen LogP contribution < -0.4 is 10.2 Å². The molecular formula is C19H20F2N6O. The fourth-order valence-corrected chi connectivity index (χ4v) is 3.55. The summed E-state index contributed by atoms with van der Waals surface area (Å²) in [5.74, 6) is -0.0334. The van der Waals surface area contributed by atoms with Gasteiger partial charge in [-0.25, -0.2) is 18.3 Å². The molecule has 0 spiro atoms. The lowest BCUT2D eigenvalue weighted by Crippen LogP contribution is -2.47. The summed E-state index contributed by atoms with van der Waals surface area (Å²) < 4.78 is 27.4. The molecule has 4 heterocycles. The fraction of sp³-hybridized carbons (Fsp3) is 0.368. The van der Waals surface area contributed by atoms with Crippen molar-refractivity contribution < 1.29 is 13.6 Å². The van der Waals surface area contributed by atoms with Crippen LogP contribution in [0.25, 0.3) is 17.0 Å². The van der Waals surface area contributed by atoms with Gasteiger partial charge in [-0.05, 0) is 37.1 Å². The monoisotopic (exact) mass is 386 g/mol. The summed E-state index contributed by atoms with van der Waals surface area (Å²) >= 11 is 0. The summed E-state index contributed by atoms with van der Waals surface area (Å²) in [6, 6.07) is 6.70. The van der Waals surface area contributed by atoms with E-state index in [1.54, 1.807) is 12.4 Å². The van der Waals surface area contributed by atoms with Gasteiger partial charge in [0.2, 0.25) is 5.91 Å². The third-order valence-electron chi connectivity index (χ3n) is 4.81. The molecule has 0 aliphatic carbocycles. The first-order valence-corrected chi connectivity index (χ1v) is 9.12. The third-order valence-corrected chi connectivity index (χ3v) is 4.81. The van der Waals surface area contributed by atoms with Gasteiger partial charge in [-0.15, -0.1) is 0 Å². The number of hydrogen-bond donors (Lipinski definition) is 1. The summed E-state index contributed by atoms with van der Waals surface area (Å²) in [4.78, 5) is 22.2. The van der Waals surface area contributed by atoms with E-state index in [1.807, 2.05) is 12.1 Å². The molecule has 0 bridgehead atoms. The lowest BCUT2D eigenvalue weighted by Gasteiger charge is -2.34. The quantitative estimate of drug-likeness (QED) is 0.746. The van der Waals surface area contributed by atoms with E-state index in [0.717, 1.165) is 25.1 Å². The number of aromatic nitrogens is 4. The maximum Gasteiger partial charge on any atom is 0.282 e. The van der Waals surface area contributed by atoms with Gasteiger partial charge in [0.25, 0.3) is 6.43 Å². The van der Waals surface area contributed by atoms with Crippen LogP contribution >= 0.6 is 0 Å². The second-order valence-corrected chi connectivity index (χ2v) is 6.86. The summed E-state index contributed by atoms with van der Waals surface area (Å²) in [6.07, 6.45) is 2.53. The van der Waals surface area contributed by atoms with Crippen molar-refractivity contribution in [2.75, 3.05) is 18.0 Å². The second kappa shape index (κ2) is 7.49. The topological polar surface area (TPSA) is 75.4 Å². The SMILES string of the molecule is CC(=O)NC1CCCN(c2ccnc(-c3cnc4ccc(C(F)F)nn34)c2)C1. The zero-order valence-electron chi connectivity index (χ0n) is 15.3. The smallest absolute Gasteiger partial charge is 0.282 e. The van der Waals surface area contributed by atoms with Crippen LogP contribution in [0.1, 0.15) is 31.9 Å². The number of imidazole rings is 1. The Morgan fingerprint density at radius 2 is 2.14 bits per heavy atom. The number of rotatable bonds is 4. The third kappa shape index (κ3) is 3.64. The molecule has 1 saturated heterocycles. The van der Waals surface area contributed by atoms with E-state index in [0.29, 0.717) is 23.6 Å². The van der Waals surface area contributed by atoms with E-state index in [9.17, 15) is 13.6 Å². The average molecular weight is 386 g/mol. The van der Waals surface area contributed by atoms with Crippen molar-refractivity contribution in [1.82, 2.24) is 24.9 Å². The number of carbonyl (C=O) groups excluding carboxylic acids is 1. The van der Waals surface area contributed by atoms with Gasteiger partial charge < -0.3 is 10.2 Å². The molecule has 0 radical (unpaired) electrons. The molecule has 28 heavy (non-hydrogen) atoms. The zero-order valence-corrected chi connectivity index (χ0v) is 15.3. The van der Waals surface area contributed by atoms with E-state index >= 15 is 0 Å². The molecular weight excluding hydrogens is 366 g/mol. The number of anilines is 1. The number of nitrogens with one attached hydrogen (secondary N) is 1. The van der Waals surface area contributed by atoms with Crippen LogP contribution in [0.4, 0.5) is 14.5 Å². The van der Waals surface area contributed by atoms with Crippen LogP contribution in [0.5, 0.6) is 0 Å². The first-order chi connectivity index (χ1) is 13.5. The van der Waals surface area contributed by atoms with Gasteiger partial charge >= 0.3 is 0 Å². The van der Waals surface area contributed by atoms with Crippen LogP contribution in [0, 0.1) is 0 Å². The zero-order chi connectivity index (χ0) is 19.7. The molecule has 1 aliphatic rings. The molecule has 0 saturated carbocycles. The predicted octanol–water partition coefficient (Wildman–Crippen LogP) is 2.83. The highest BCUT2D eigenvalue weighted by molar-refractivity contribution is 5.73.